The molecule has 2 aromatic carbocycles. The van der Waals surface area contributed by atoms with Crippen molar-refractivity contribution in [3.05, 3.63) is 64.2 Å². The summed E-state index contributed by atoms with van der Waals surface area (Å²) in [6.07, 6.45) is 0. The molecule has 1 atom stereocenters. The fourth-order valence-corrected chi connectivity index (χ4v) is 2.32. The number of benzene rings is 2. The smallest absolute Gasteiger partial charge is 0.104 e. The van der Waals surface area contributed by atoms with E-state index >= 15 is 0 Å². The minimum Gasteiger partial charge on any atom is -0.389 e. The van der Waals surface area contributed by atoms with Gasteiger partial charge in [0.1, 0.15) is 4.99 Å². The van der Waals surface area contributed by atoms with Gasteiger partial charge in [0.25, 0.3) is 0 Å². The Morgan fingerprint density at radius 3 is 2.40 bits per heavy atom. The van der Waals surface area contributed by atoms with Crippen molar-refractivity contribution in [3.63, 3.8) is 0 Å². The van der Waals surface area contributed by atoms with E-state index in [-0.39, 0.29) is 6.04 Å². The van der Waals surface area contributed by atoms with Gasteiger partial charge in [0, 0.05) is 11.6 Å². The van der Waals surface area contributed by atoms with E-state index in [1.807, 2.05) is 12.1 Å². The Balaban J connectivity index is 2.17. The highest BCUT2D eigenvalue weighted by molar-refractivity contribution is 7.80. The van der Waals surface area contributed by atoms with Gasteiger partial charge in [-0.1, -0.05) is 53.6 Å². The molecule has 0 spiro atoms. The molecule has 0 aliphatic heterocycles. The summed E-state index contributed by atoms with van der Waals surface area (Å²) in [5.41, 5.74) is 9.71. The Hall–Kier alpha value is -1.58. The zero-order valence-electron chi connectivity index (χ0n) is 11.5. The van der Waals surface area contributed by atoms with Crippen LogP contribution < -0.4 is 11.1 Å². The van der Waals surface area contributed by atoms with Crippen LogP contribution in [0.1, 0.15) is 29.7 Å². The van der Waals surface area contributed by atoms with E-state index in [1.54, 1.807) is 6.07 Å². The van der Waals surface area contributed by atoms with Crippen molar-refractivity contribution < 1.29 is 0 Å². The predicted octanol–water partition coefficient (Wildman–Crippen LogP) is 4.46. The Morgan fingerprint density at radius 1 is 1.20 bits per heavy atom. The van der Waals surface area contributed by atoms with Crippen LogP contribution in [-0.4, -0.2) is 4.99 Å². The third-order valence-corrected chi connectivity index (χ3v) is 3.75. The van der Waals surface area contributed by atoms with Gasteiger partial charge in [-0.25, -0.2) is 0 Å². The number of rotatable bonds is 4. The lowest BCUT2D eigenvalue weighted by atomic mass is 10.1. The van der Waals surface area contributed by atoms with Crippen LogP contribution in [0.2, 0.25) is 5.02 Å². The van der Waals surface area contributed by atoms with Crippen molar-refractivity contribution in [1.29, 1.82) is 0 Å². The van der Waals surface area contributed by atoms with Crippen LogP contribution in [0.5, 0.6) is 0 Å². The Kier molecular flexibility index (Phi) is 4.63. The minimum absolute atomic E-state index is 0.170. The number of hydrogen-bond acceptors (Lipinski definition) is 2. The van der Waals surface area contributed by atoms with Gasteiger partial charge in [-0.2, -0.15) is 0 Å². The maximum atomic E-state index is 6.25. The Morgan fingerprint density at radius 2 is 1.85 bits per heavy atom. The highest BCUT2D eigenvalue weighted by atomic mass is 35.5. The molecule has 2 aromatic rings. The highest BCUT2D eigenvalue weighted by Crippen LogP contribution is 2.27. The lowest BCUT2D eigenvalue weighted by Gasteiger charge is -2.17. The molecule has 2 nitrogen and oxygen atoms in total. The van der Waals surface area contributed by atoms with E-state index in [1.165, 1.54) is 11.1 Å². The average Bonchev–Trinajstić information content (AvgIpc) is 2.41. The molecule has 0 amide bonds. The van der Waals surface area contributed by atoms with Crippen molar-refractivity contribution in [2.45, 2.75) is 19.9 Å². The first-order valence-electron chi connectivity index (χ1n) is 6.40. The molecule has 0 aromatic heterocycles. The Bertz CT molecular complexity index is 623. The van der Waals surface area contributed by atoms with Crippen molar-refractivity contribution in [2.75, 3.05) is 5.32 Å². The maximum Gasteiger partial charge on any atom is 0.104 e. The largest absolute Gasteiger partial charge is 0.389 e. The van der Waals surface area contributed by atoms with Gasteiger partial charge in [-0.05, 0) is 37.6 Å². The summed E-state index contributed by atoms with van der Waals surface area (Å²) >= 11 is 11.2. The summed E-state index contributed by atoms with van der Waals surface area (Å²) in [5.74, 6) is 0. The van der Waals surface area contributed by atoms with Gasteiger partial charge in [0.05, 0.1) is 10.7 Å². The van der Waals surface area contributed by atoms with Gasteiger partial charge in [0.15, 0.2) is 0 Å². The molecule has 0 aliphatic rings. The summed E-state index contributed by atoms with van der Waals surface area (Å²) in [5, 5.41) is 4.02. The molecule has 1 unspecified atom stereocenters. The van der Waals surface area contributed by atoms with Crippen LogP contribution in [0.25, 0.3) is 0 Å². The van der Waals surface area contributed by atoms with E-state index in [9.17, 15) is 0 Å². The Labute approximate surface area is 130 Å². The fraction of sp³-hybridized carbons (Fsp3) is 0.188. The standard InChI is InChI=1S/C16H17ClN2S/c1-10-3-5-12(6-4-10)11(2)19-15-8-7-13(16(18)20)9-14(15)17/h3-9,11,19H,1-2H3,(H2,18,20). The van der Waals surface area contributed by atoms with E-state index in [0.717, 1.165) is 11.3 Å². The number of aryl methyl sites for hydroxylation is 1. The molecule has 0 aliphatic carbocycles. The zero-order valence-corrected chi connectivity index (χ0v) is 13.1. The zero-order chi connectivity index (χ0) is 14.7. The monoisotopic (exact) mass is 304 g/mol. The van der Waals surface area contributed by atoms with E-state index < -0.39 is 0 Å². The molecule has 2 rings (SSSR count). The van der Waals surface area contributed by atoms with Crippen molar-refractivity contribution >= 4 is 34.5 Å². The SMILES string of the molecule is Cc1ccc(C(C)Nc2ccc(C(N)=S)cc2Cl)cc1. The van der Waals surface area contributed by atoms with Gasteiger partial charge >= 0.3 is 0 Å². The lowest BCUT2D eigenvalue weighted by molar-refractivity contribution is 0.884. The number of hydrogen-bond donors (Lipinski definition) is 2. The van der Waals surface area contributed by atoms with Gasteiger partial charge < -0.3 is 11.1 Å². The molecule has 3 N–H and O–H groups in total. The summed E-state index contributed by atoms with van der Waals surface area (Å²) in [6, 6.07) is 14.2. The first-order chi connectivity index (χ1) is 9.47. The van der Waals surface area contributed by atoms with E-state index in [2.05, 4.69) is 43.4 Å². The van der Waals surface area contributed by atoms with Gasteiger partial charge in [-0.3, -0.25) is 0 Å². The number of anilines is 1. The van der Waals surface area contributed by atoms with Crippen LogP contribution in [0, 0.1) is 6.92 Å². The van der Waals surface area contributed by atoms with Gasteiger partial charge in [-0.15, -0.1) is 0 Å². The first-order valence-corrected chi connectivity index (χ1v) is 7.18. The molecule has 0 saturated heterocycles. The number of nitrogens with two attached hydrogens (primary N) is 1. The van der Waals surface area contributed by atoms with Crippen LogP contribution in [0.3, 0.4) is 0 Å². The summed E-state index contributed by atoms with van der Waals surface area (Å²) in [6.45, 7) is 4.18. The molecule has 0 radical (unpaired) electrons. The molecule has 0 heterocycles. The predicted molar refractivity (Wildman–Crippen MR) is 90.6 cm³/mol. The maximum absolute atomic E-state index is 6.25. The second kappa shape index (κ2) is 6.25. The molecule has 104 valence electrons. The number of nitrogens with one attached hydrogen (secondary N) is 1. The third-order valence-electron chi connectivity index (χ3n) is 3.20. The molecular formula is C16H17ClN2S. The minimum atomic E-state index is 0.170. The highest BCUT2D eigenvalue weighted by Gasteiger charge is 2.08. The molecule has 0 saturated carbocycles. The molecule has 0 bridgehead atoms. The van der Waals surface area contributed by atoms with Crippen LogP contribution in [-0.2, 0) is 0 Å². The molecule has 20 heavy (non-hydrogen) atoms. The first kappa shape index (κ1) is 14.8. The topological polar surface area (TPSA) is 38.0 Å². The van der Waals surface area contributed by atoms with E-state index in [4.69, 9.17) is 29.6 Å². The van der Waals surface area contributed by atoms with Crippen LogP contribution in [0.4, 0.5) is 5.69 Å². The van der Waals surface area contributed by atoms with Crippen LogP contribution in [0.15, 0.2) is 42.5 Å². The molecule has 0 fully saturated rings. The lowest BCUT2D eigenvalue weighted by Crippen LogP contribution is -2.10. The second-order valence-electron chi connectivity index (χ2n) is 4.84. The number of halogens is 1. The van der Waals surface area contributed by atoms with Crippen LogP contribution >= 0.6 is 23.8 Å². The van der Waals surface area contributed by atoms with Crippen molar-refractivity contribution in [1.82, 2.24) is 0 Å². The van der Waals surface area contributed by atoms with Crippen molar-refractivity contribution in [2.24, 2.45) is 5.73 Å². The van der Waals surface area contributed by atoms with Crippen molar-refractivity contribution in [3.8, 4) is 0 Å². The summed E-state index contributed by atoms with van der Waals surface area (Å²) < 4.78 is 0. The number of thiocarbonyl (C=S) groups is 1. The van der Waals surface area contributed by atoms with E-state index in [0.29, 0.717) is 10.0 Å². The fourth-order valence-electron chi connectivity index (χ4n) is 1.96. The molecular weight excluding hydrogens is 288 g/mol. The quantitative estimate of drug-likeness (QED) is 0.819. The third kappa shape index (κ3) is 3.50. The second-order valence-corrected chi connectivity index (χ2v) is 5.68. The molecule has 4 heteroatoms. The normalized spacial score (nSPS) is 11.9. The van der Waals surface area contributed by atoms with Gasteiger partial charge in [0.2, 0.25) is 0 Å². The summed E-state index contributed by atoms with van der Waals surface area (Å²) in [7, 11) is 0. The summed E-state index contributed by atoms with van der Waals surface area (Å²) in [4.78, 5) is 0.352. The average molecular weight is 305 g/mol.